The van der Waals surface area contributed by atoms with E-state index >= 15 is 0 Å². The summed E-state index contributed by atoms with van der Waals surface area (Å²) in [5.74, 6) is 0.648. The van der Waals surface area contributed by atoms with Crippen LogP contribution in [0.4, 0.5) is 0 Å². The second-order valence-electron chi connectivity index (χ2n) is 6.82. The molecule has 1 N–H and O–H groups in total. The summed E-state index contributed by atoms with van der Waals surface area (Å²) < 4.78 is 0. The molecule has 118 valence electrons. The van der Waals surface area contributed by atoms with Crippen molar-refractivity contribution in [2.45, 2.75) is 52.2 Å². The molecule has 0 saturated carbocycles. The summed E-state index contributed by atoms with van der Waals surface area (Å²) in [5.41, 5.74) is 1.17. The van der Waals surface area contributed by atoms with Crippen LogP contribution < -0.4 is 5.32 Å². The first-order valence-corrected chi connectivity index (χ1v) is 8.51. The lowest BCUT2D eigenvalue weighted by Gasteiger charge is -2.47. The van der Waals surface area contributed by atoms with Crippen molar-refractivity contribution >= 4 is 23.2 Å². The zero-order valence-corrected chi connectivity index (χ0v) is 14.9. The molecule has 0 amide bonds. The Morgan fingerprint density at radius 1 is 1.33 bits per heavy atom. The van der Waals surface area contributed by atoms with Gasteiger partial charge < -0.3 is 5.32 Å². The van der Waals surface area contributed by atoms with E-state index in [1.54, 1.807) is 0 Å². The number of nitrogens with zero attached hydrogens (tertiary/aromatic N) is 1. The number of nitrogens with one attached hydrogen (secondary N) is 1. The van der Waals surface area contributed by atoms with Crippen LogP contribution >= 0.6 is 23.2 Å². The van der Waals surface area contributed by atoms with Crippen LogP contribution in [0.2, 0.25) is 10.0 Å². The number of rotatable bonds is 4. The van der Waals surface area contributed by atoms with Crippen molar-refractivity contribution < 1.29 is 0 Å². The highest BCUT2D eigenvalue weighted by atomic mass is 35.5. The van der Waals surface area contributed by atoms with Crippen molar-refractivity contribution in [3.63, 3.8) is 0 Å². The molecule has 0 aromatic heterocycles. The van der Waals surface area contributed by atoms with Crippen LogP contribution in [0.25, 0.3) is 0 Å². The second kappa shape index (κ2) is 6.87. The monoisotopic (exact) mass is 328 g/mol. The summed E-state index contributed by atoms with van der Waals surface area (Å²) in [6, 6.07) is 6.28. The smallest absolute Gasteiger partial charge is 0.0465 e. The van der Waals surface area contributed by atoms with Crippen molar-refractivity contribution in [3.05, 3.63) is 33.8 Å². The van der Waals surface area contributed by atoms with E-state index in [9.17, 15) is 0 Å². The summed E-state index contributed by atoms with van der Waals surface area (Å²) in [6.07, 6.45) is 1.18. The maximum absolute atomic E-state index is 6.35. The largest absolute Gasteiger partial charge is 0.309 e. The third-order valence-corrected chi connectivity index (χ3v) is 5.29. The molecular formula is C17H26Cl2N2. The highest BCUT2D eigenvalue weighted by Gasteiger charge is 2.35. The molecule has 4 heteroatoms. The van der Waals surface area contributed by atoms with Gasteiger partial charge >= 0.3 is 0 Å². The summed E-state index contributed by atoms with van der Waals surface area (Å²) in [7, 11) is 0. The molecule has 2 atom stereocenters. The van der Waals surface area contributed by atoms with Crippen molar-refractivity contribution in [2.75, 3.05) is 13.1 Å². The lowest BCUT2D eigenvalue weighted by Crippen LogP contribution is -2.62. The normalized spacial score (nSPS) is 24.0. The molecule has 1 saturated heterocycles. The van der Waals surface area contributed by atoms with E-state index in [1.165, 1.54) is 6.42 Å². The van der Waals surface area contributed by atoms with E-state index in [0.29, 0.717) is 12.0 Å². The van der Waals surface area contributed by atoms with Gasteiger partial charge in [-0.3, -0.25) is 4.90 Å². The fourth-order valence-corrected chi connectivity index (χ4v) is 3.60. The van der Waals surface area contributed by atoms with E-state index in [4.69, 9.17) is 23.2 Å². The summed E-state index contributed by atoms with van der Waals surface area (Å²) in [5, 5.41) is 5.19. The van der Waals surface area contributed by atoms with Crippen LogP contribution in [-0.4, -0.2) is 29.6 Å². The first-order chi connectivity index (χ1) is 9.84. The standard InChI is InChI=1S/C17H26Cl2N2/c1-5-12(2)16-9-20-17(3,4)11-21(16)10-13-14(18)7-6-8-15(13)19/h6-8,12,16,20H,5,9-11H2,1-4H3. The van der Waals surface area contributed by atoms with Crippen LogP contribution in [0, 0.1) is 5.92 Å². The molecule has 21 heavy (non-hydrogen) atoms. The van der Waals surface area contributed by atoms with Crippen LogP contribution in [0.5, 0.6) is 0 Å². The van der Waals surface area contributed by atoms with Gasteiger partial charge in [-0.05, 0) is 31.9 Å². The zero-order valence-electron chi connectivity index (χ0n) is 13.4. The molecule has 2 unspecified atom stereocenters. The van der Waals surface area contributed by atoms with Crippen molar-refractivity contribution in [1.29, 1.82) is 0 Å². The van der Waals surface area contributed by atoms with Gasteiger partial charge in [0.05, 0.1) is 0 Å². The first kappa shape index (κ1) is 17.1. The van der Waals surface area contributed by atoms with Crippen LogP contribution in [0.1, 0.15) is 39.7 Å². The molecule has 1 aliphatic rings. The Balaban J connectivity index is 2.24. The minimum atomic E-state index is 0.123. The number of benzene rings is 1. The van der Waals surface area contributed by atoms with E-state index in [2.05, 4.69) is 37.9 Å². The molecule has 2 nitrogen and oxygen atoms in total. The Morgan fingerprint density at radius 2 is 1.95 bits per heavy atom. The van der Waals surface area contributed by atoms with E-state index in [0.717, 1.165) is 35.2 Å². The van der Waals surface area contributed by atoms with Crippen LogP contribution in [0.15, 0.2) is 18.2 Å². The number of hydrogen-bond donors (Lipinski definition) is 1. The molecule has 1 aromatic rings. The van der Waals surface area contributed by atoms with Gasteiger partial charge in [-0.1, -0.05) is 49.5 Å². The quantitative estimate of drug-likeness (QED) is 0.869. The van der Waals surface area contributed by atoms with Gasteiger partial charge in [0, 0.05) is 46.8 Å². The third-order valence-electron chi connectivity index (χ3n) is 4.58. The molecule has 0 aliphatic carbocycles. The van der Waals surface area contributed by atoms with E-state index in [1.807, 2.05) is 18.2 Å². The van der Waals surface area contributed by atoms with Gasteiger partial charge in [-0.25, -0.2) is 0 Å². The average molecular weight is 329 g/mol. The summed E-state index contributed by atoms with van der Waals surface area (Å²) >= 11 is 12.7. The SMILES string of the molecule is CCC(C)C1CNC(C)(C)CN1Cc1c(Cl)cccc1Cl. The Labute approximate surface area is 138 Å². The first-order valence-electron chi connectivity index (χ1n) is 7.76. The van der Waals surface area contributed by atoms with Crippen molar-refractivity contribution in [3.8, 4) is 0 Å². The topological polar surface area (TPSA) is 15.3 Å². The third kappa shape index (κ3) is 4.13. The minimum Gasteiger partial charge on any atom is -0.309 e. The van der Waals surface area contributed by atoms with Crippen molar-refractivity contribution in [2.24, 2.45) is 5.92 Å². The second-order valence-corrected chi connectivity index (χ2v) is 7.64. The molecule has 0 bridgehead atoms. The Bertz CT molecular complexity index is 467. The molecule has 0 spiro atoms. The predicted octanol–water partition coefficient (Wildman–Crippen LogP) is 4.59. The highest BCUT2D eigenvalue weighted by Crippen LogP contribution is 2.30. The molecule has 1 heterocycles. The lowest BCUT2D eigenvalue weighted by molar-refractivity contribution is 0.0572. The number of halogens is 2. The van der Waals surface area contributed by atoms with Gasteiger partial charge in [0.25, 0.3) is 0 Å². The number of hydrogen-bond acceptors (Lipinski definition) is 2. The lowest BCUT2D eigenvalue weighted by atomic mass is 9.90. The van der Waals surface area contributed by atoms with Gasteiger partial charge in [0.2, 0.25) is 0 Å². The predicted molar refractivity (Wildman–Crippen MR) is 92.2 cm³/mol. The van der Waals surface area contributed by atoms with Crippen LogP contribution in [-0.2, 0) is 6.54 Å². The van der Waals surface area contributed by atoms with Gasteiger partial charge in [0.1, 0.15) is 0 Å². The molecule has 1 aromatic carbocycles. The average Bonchev–Trinajstić information content (AvgIpc) is 2.41. The number of piperazine rings is 1. The van der Waals surface area contributed by atoms with Crippen LogP contribution in [0.3, 0.4) is 0 Å². The van der Waals surface area contributed by atoms with Gasteiger partial charge in [-0.2, -0.15) is 0 Å². The summed E-state index contributed by atoms with van der Waals surface area (Å²) in [4.78, 5) is 2.54. The Morgan fingerprint density at radius 3 is 2.52 bits per heavy atom. The maximum Gasteiger partial charge on any atom is 0.0465 e. The summed E-state index contributed by atoms with van der Waals surface area (Å²) in [6.45, 7) is 11.9. The zero-order chi connectivity index (χ0) is 15.6. The Hall–Kier alpha value is -0.280. The molecule has 2 rings (SSSR count). The highest BCUT2D eigenvalue weighted by molar-refractivity contribution is 6.35. The fraction of sp³-hybridized carbons (Fsp3) is 0.647. The van der Waals surface area contributed by atoms with Crippen molar-refractivity contribution in [1.82, 2.24) is 10.2 Å². The van der Waals surface area contributed by atoms with Gasteiger partial charge in [0.15, 0.2) is 0 Å². The minimum absolute atomic E-state index is 0.123. The molecular weight excluding hydrogens is 303 g/mol. The maximum atomic E-state index is 6.35. The van der Waals surface area contributed by atoms with E-state index < -0.39 is 0 Å². The van der Waals surface area contributed by atoms with E-state index in [-0.39, 0.29) is 5.54 Å². The Kier molecular flexibility index (Phi) is 5.59. The molecule has 0 radical (unpaired) electrons. The van der Waals surface area contributed by atoms with Gasteiger partial charge in [-0.15, -0.1) is 0 Å². The molecule has 1 fully saturated rings. The fourth-order valence-electron chi connectivity index (χ4n) is 3.08. The molecule has 1 aliphatic heterocycles.